The SMILES string of the molecule is C1=CC2=C(C1)c1ccc3c4c(ccc(c14)O2)C1=C(C=CC1)O3. The zero-order valence-electron chi connectivity index (χ0n) is 11.8. The minimum atomic E-state index is 0.944. The second-order valence-electron chi connectivity index (χ2n) is 6.08. The Morgan fingerprint density at radius 3 is 1.64 bits per heavy atom. The molecular weight excluding hydrogens is 272 g/mol. The summed E-state index contributed by atoms with van der Waals surface area (Å²) in [5.74, 6) is 3.88. The van der Waals surface area contributed by atoms with Crippen LogP contribution in [0.5, 0.6) is 11.5 Å². The monoisotopic (exact) mass is 284 g/mol. The van der Waals surface area contributed by atoms with Gasteiger partial charge in [-0.3, -0.25) is 0 Å². The molecular formula is C20H12O2. The lowest BCUT2D eigenvalue weighted by atomic mass is 9.88. The highest BCUT2D eigenvalue weighted by molar-refractivity contribution is 6.10. The molecule has 6 rings (SSSR count). The van der Waals surface area contributed by atoms with E-state index in [0.29, 0.717) is 0 Å². The molecule has 0 bridgehead atoms. The molecule has 2 aliphatic heterocycles. The van der Waals surface area contributed by atoms with Gasteiger partial charge >= 0.3 is 0 Å². The van der Waals surface area contributed by atoms with Crippen molar-refractivity contribution in [1.82, 2.24) is 0 Å². The van der Waals surface area contributed by atoms with Gasteiger partial charge in [0, 0.05) is 21.9 Å². The number of hydrogen-bond acceptors (Lipinski definition) is 2. The summed E-state index contributed by atoms with van der Waals surface area (Å²) in [5, 5.41) is 2.41. The maximum absolute atomic E-state index is 6.12. The van der Waals surface area contributed by atoms with E-state index < -0.39 is 0 Å². The minimum Gasteiger partial charge on any atom is -0.456 e. The van der Waals surface area contributed by atoms with Gasteiger partial charge in [0.2, 0.25) is 0 Å². The Labute approximate surface area is 127 Å². The summed E-state index contributed by atoms with van der Waals surface area (Å²) in [6.45, 7) is 0. The molecule has 0 radical (unpaired) electrons. The fourth-order valence-electron chi connectivity index (χ4n) is 3.99. The van der Waals surface area contributed by atoms with Crippen molar-refractivity contribution < 1.29 is 9.47 Å². The zero-order chi connectivity index (χ0) is 14.3. The van der Waals surface area contributed by atoms with Crippen LogP contribution in [0.4, 0.5) is 0 Å². The molecule has 0 spiro atoms. The minimum absolute atomic E-state index is 0.944. The normalized spacial score (nSPS) is 19.5. The molecule has 2 nitrogen and oxygen atoms in total. The van der Waals surface area contributed by atoms with E-state index in [-0.39, 0.29) is 0 Å². The Bertz CT molecular complexity index is 932. The first-order valence-electron chi connectivity index (χ1n) is 7.66. The van der Waals surface area contributed by atoms with Crippen LogP contribution >= 0.6 is 0 Å². The molecule has 0 fully saturated rings. The molecule has 0 N–H and O–H groups in total. The maximum atomic E-state index is 6.12. The highest BCUT2D eigenvalue weighted by Crippen LogP contribution is 2.51. The van der Waals surface area contributed by atoms with Crippen LogP contribution in [-0.2, 0) is 0 Å². The van der Waals surface area contributed by atoms with Crippen LogP contribution < -0.4 is 9.47 Å². The number of allylic oxidation sites excluding steroid dienone is 6. The smallest absolute Gasteiger partial charge is 0.136 e. The van der Waals surface area contributed by atoms with Crippen LogP contribution in [0, 0.1) is 0 Å². The fourth-order valence-corrected chi connectivity index (χ4v) is 3.99. The highest BCUT2D eigenvalue weighted by atomic mass is 16.5. The largest absolute Gasteiger partial charge is 0.456 e. The Hall–Kier alpha value is -2.74. The molecule has 104 valence electrons. The lowest BCUT2D eigenvalue weighted by Gasteiger charge is -2.26. The van der Waals surface area contributed by atoms with Gasteiger partial charge in [-0.15, -0.1) is 0 Å². The standard InChI is InChI=1S/C20H12O2/c1-3-11-13-7-9-18-20-14(12-4-2-6-16(12)22-18)8-10-17(19(13)20)21-15(11)5-1/h1-2,5-10H,3-4H2. The van der Waals surface area contributed by atoms with E-state index in [1.54, 1.807) is 0 Å². The maximum Gasteiger partial charge on any atom is 0.136 e. The Balaban J connectivity index is 1.76. The lowest BCUT2D eigenvalue weighted by molar-refractivity contribution is 0.443. The molecule has 0 atom stereocenters. The van der Waals surface area contributed by atoms with Crippen molar-refractivity contribution in [1.29, 1.82) is 0 Å². The number of rotatable bonds is 0. The molecule has 4 aliphatic rings. The number of benzene rings is 2. The van der Waals surface area contributed by atoms with Crippen LogP contribution in [-0.4, -0.2) is 0 Å². The van der Waals surface area contributed by atoms with Crippen molar-refractivity contribution in [2.45, 2.75) is 12.8 Å². The molecule has 2 heteroatoms. The summed E-state index contributed by atoms with van der Waals surface area (Å²) in [6.07, 6.45) is 10.4. The molecule has 0 unspecified atom stereocenters. The molecule has 0 saturated heterocycles. The molecule has 2 aromatic rings. The van der Waals surface area contributed by atoms with Crippen molar-refractivity contribution in [3.05, 3.63) is 71.2 Å². The molecule has 22 heavy (non-hydrogen) atoms. The van der Waals surface area contributed by atoms with Crippen molar-refractivity contribution in [3.63, 3.8) is 0 Å². The van der Waals surface area contributed by atoms with Gasteiger partial charge in [0.15, 0.2) is 0 Å². The number of hydrogen-bond donors (Lipinski definition) is 0. The lowest BCUT2D eigenvalue weighted by Crippen LogP contribution is -2.08. The van der Waals surface area contributed by atoms with Gasteiger partial charge in [-0.2, -0.15) is 0 Å². The average molecular weight is 284 g/mol. The van der Waals surface area contributed by atoms with E-state index in [2.05, 4.69) is 48.6 Å². The highest BCUT2D eigenvalue weighted by Gasteiger charge is 2.30. The number of ether oxygens (including phenoxy) is 2. The third kappa shape index (κ3) is 1.14. The van der Waals surface area contributed by atoms with E-state index in [1.807, 2.05) is 0 Å². The van der Waals surface area contributed by atoms with Gasteiger partial charge in [-0.1, -0.05) is 24.3 Å². The van der Waals surface area contributed by atoms with Crippen molar-refractivity contribution in [3.8, 4) is 11.5 Å². The van der Waals surface area contributed by atoms with Gasteiger partial charge in [-0.25, -0.2) is 0 Å². The molecule has 2 aliphatic carbocycles. The predicted octanol–water partition coefficient (Wildman–Crippen LogP) is 4.97. The topological polar surface area (TPSA) is 18.5 Å². The summed E-state index contributed by atoms with van der Waals surface area (Å²) >= 11 is 0. The van der Waals surface area contributed by atoms with Crippen LogP contribution in [0.3, 0.4) is 0 Å². The van der Waals surface area contributed by atoms with E-state index >= 15 is 0 Å². The first-order valence-corrected chi connectivity index (χ1v) is 7.66. The van der Waals surface area contributed by atoms with Gasteiger partial charge in [0.25, 0.3) is 0 Å². The van der Waals surface area contributed by atoms with Crippen molar-refractivity contribution in [2.24, 2.45) is 0 Å². The summed E-state index contributed by atoms with van der Waals surface area (Å²) in [4.78, 5) is 0. The van der Waals surface area contributed by atoms with Crippen molar-refractivity contribution in [2.75, 3.05) is 0 Å². The van der Waals surface area contributed by atoms with Crippen LogP contribution in [0.1, 0.15) is 24.0 Å². The van der Waals surface area contributed by atoms with E-state index in [9.17, 15) is 0 Å². The third-order valence-electron chi connectivity index (χ3n) is 4.95. The second kappa shape index (κ2) is 3.53. The van der Waals surface area contributed by atoms with Gasteiger partial charge in [0.1, 0.15) is 23.0 Å². The van der Waals surface area contributed by atoms with Crippen LogP contribution in [0.25, 0.3) is 21.9 Å². The van der Waals surface area contributed by atoms with Gasteiger partial charge in [-0.05, 0) is 48.3 Å². The Kier molecular flexibility index (Phi) is 1.75. The zero-order valence-corrected chi connectivity index (χ0v) is 11.8. The Morgan fingerprint density at radius 2 is 1.14 bits per heavy atom. The fraction of sp³-hybridized carbons (Fsp3) is 0.100. The Morgan fingerprint density at radius 1 is 0.636 bits per heavy atom. The molecule has 0 saturated carbocycles. The summed E-state index contributed by atoms with van der Waals surface area (Å²) in [5.41, 5.74) is 5.17. The van der Waals surface area contributed by atoms with Crippen LogP contribution in [0.15, 0.2) is 60.1 Å². The first-order chi connectivity index (χ1) is 10.9. The van der Waals surface area contributed by atoms with E-state index in [0.717, 1.165) is 35.9 Å². The van der Waals surface area contributed by atoms with Gasteiger partial charge < -0.3 is 9.47 Å². The van der Waals surface area contributed by atoms with Gasteiger partial charge in [0.05, 0.1) is 0 Å². The number of fused-ring (bicyclic) bond motifs is 2. The van der Waals surface area contributed by atoms with Crippen LogP contribution in [0.2, 0.25) is 0 Å². The van der Waals surface area contributed by atoms with E-state index in [4.69, 9.17) is 9.47 Å². The predicted molar refractivity (Wildman–Crippen MR) is 86.6 cm³/mol. The summed E-state index contributed by atoms with van der Waals surface area (Å²) < 4.78 is 12.2. The third-order valence-corrected chi connectivity index (χ3v) is 4.95. The second-order valence-corrected chi connectivity index (χ2v) is 6.08. The summed E-state index contributed by atoms with van der Waals surface area (Å²) in [7, 11) is 0. The molecule has 0 aromatic heterocycles. The summed E-state index contributed by atoms with van der Waals surface area (Å²) in [6, 6.07) is 8.57. The molecule has 0 amide bonds. The average Bonchev–Trinajstić information content (AvgIpc) is 3.19. The quantitative estimate of drug-likeness (QED) is 0.680. The first kappa shape index (κ1) is 10.9. The van der Waals surface area contributed by atoms with Crippen molar-refractivity contribution >= 4 is 21.9 Å². The molecule has 2 aromatic carbocycles. The van der Waals surface area contributed by atoms with E-state index in [1.165, 1.54) is 33.0 Å². The molecule has 2 heterocycles.